The lowest BCUT2D eigenvalue weighted by Gasteiger charge is -2.36. The quantitative estimate of drug-likeness (QED) is 0.490. The van der Waals surface area contributed by atoms with E-state index in [-0.39, 0.29) is 30.3 Å². The number of carbonyl (C=O) groups excluding carboxylic acids is 3. The van der Waals surface area contributed by atoms with Gasteiger partial charge < -0.3 is 25.0 Å². The van der Waals surface area contributed by atoms with Gasteiger partial charge in [-0.3, -0.25) is 14.4 Å². The van der Waals surface area contributed by atoms with Gasteiger partial charge in [-0.25, -0.2) is 0 Å². The average molecular weight is 544 g/mol. The summed E-state index contributed by atoms with van der Waals surface area (Å²) in [6, 6.07) is 16.0. The molecule has 210 valence electrons. The lowest BCUT2D eigenvalue weighted by molar-refractivity contribution is -0.142. The third kappa shape index (κ3) is 4.58. The van der Waals surface area contributed by atoms with Crippen LogP contribution in [0, 0.1) is 17.8 Å². The van der Waals surface area contributed by atoms with Gasteiger partial charge in [0, 0.05) is 18.3 Å². The standard InChI is InChI=1S/C32H37N3O5/c1-3-39-23-15-13-22(14-16-23)33-29(36)26-25-17-18-32(40-25)27(26)31(38)35(19-21-10-5-4-6-11-21)28(32)30(37)34-24-12-8-7-9-20(24)2/h4-6,10-11,13-18,20,24-28H,3,7-9,12,19H2,1-2H3,(H,33,36)(H,34,37). The van der Waals surface area contributed by atoms with Crippen LogP contribution >= 0.6 is 0 Å². The molecule has 3 amide bonds. The molecule has 2 aromatic carbocycles. The molecule has 8 heteroatoms. The van der Waals surface area contributed by atoms with Crippen LogP contribution in [0.5, 0.6) is 5.75 Å². The highest BCUT2D eigenvalue weighted by Crippen LogP contribution is 2.55. The number of hydrogen-bond acceptors (Lipinski definition) is 5. The maximum Gasteiger partial charge on any atom is 0.246 e. The molecule has 0 radical (unpaired) electrons. The Hall–Kier alpha value is -3.65. The number of nitrogens with one attached hydrogen (secondary N) is 2. The van der Waals surface area contributed by atoms with E-state index in [0.29, 0.717) is 24.0 Å². The zero-order chi connectivity index (χ0) is 27.9. The van der Waals surface area contributed by atoms with Crippen LogP contribution in [-0.4, -0.2) is 53.0 Å². The Balaban J connectivity index is 1.29. The van der Waals surface area contributed by atoms with Crippen molar-refractivity contribution >= 4 is 23.4 Å². The Morgan fingerprint density at radius 3 is 2.52 bits per heavy atom. The van der Waals surface area contributed by atoms with E-state index in [1.54, 1.807) is 29.2 Å². The van der Waals surface area contributed by atoms with Crippen LogP contribution in [0.3, 0.4) is 0 Å². The number of benzene rings is 2. The molecule has 2 bridgehead atoms. The van der Waals surface area contributed by atoms with Gasteiger partial charge in [0.05, 0.1) is 24.5 Å². The van der Waals surface area contributed by atoms with E-state index in [2.05, 4.69) is 17.6 Å². The smallest absolute Gasteiger partial charge is 0.246 e. The van der Waals surface area contributed by atoms with E-state index < -0.39 is 29.6 Å². The number of amides is 3. The minimum absolute atomic E-state index is 0.0618. The molecule has 7 atom stereocenters. The number of hydrogen-bond donors (Lipinski definition) is 2. The van der Waals surface area contributed by atoms with Crippen molar-refractivity contribution in [3.05, 3.63) is 72.3 Å². The predicted octanol–water partition coefficient (Wildman–Crippen LogP) is 4.07. The summed E-state index contributed by atoms with van der Waals surface area (Å²) in [7, 11) is 0. The van der Waals surface area contributed by atoms with Gasteiger partial charge in [0.1, 0.15) is 17.4 Å². The minimum Gasteiger partial charge on any atom is -0.494 e. The molecule has 8 nitrogen and oxygen atoms in total. The summed E-state index contributed by atoms with van der Waals surface area (Å²) in [6.45, 7) is 4.91. The molecule has 7 unspecified atom stereocenters. The third-order valence-electron chi connectivity index (χ3n) is 8.99. The average Bonchev–Trinajstić information content (AvgIpc) is 3.59. The molecular weight excluding hydrogens is 506 g/mol. The summed E-state index contributed by atoms with van der Waals surface area (Å²) in [5.74, 6) is -1.16. The topological polar surface area (TPSA) is 97.0 Å². The van der Waals surface area contributed by atoms with Crippen molar-refractivity contribution in [1.29, 1.82) is 0 Å². The van der Waals surface area contributed by atoms with Crippen molar-refractivity contribution in [1.82, 2.24) is 10.2 Å². The number of carbonyl (C=O) groups is 3. The summed E-state index contributed by atoms with van der Waals surface area (Å²) < 4.78 is 12.0. The summed E-state index contributed by atoms with van der Waals surface area (Å²) in [6.07, 6.45) is 7.38. The molecule has 3 fully saturated rings. The fraction of sp³-hybridized carbons (Fsp3) is 0.469. The van der Waals surface area contributed by atoms with E-state index in [0.717, 1.165) is 24.8 Å². The highest BCUT2D eigenvalue weighted by atomic mass is 16.5. The Morgan fingerprint density at radius 1 is 1.05 bits per heavy atom. The van der Waals surface area contributed by atoms with Crippen LogP contribution in [0.4, 0.5) is 5.69 Å². The third-order valence-corrected chi connectivity index (χ3v) is 8.99. The zero-order valence-corrected chi connectivity index (χ0v) is 23.0. The number of rotatable bonds is 8. The largest absolute Gasteiger partial charge is 0.494 e. The van der Waals surface area contributed by atoms with Gasteiger partial charge >= 0.3 is 0 Å². The number of anilines is 1. The maximum absolute atomic E-state index is 14.2. The van der Waals surface area contributed by atoms with Crippen LogP contribution in [-0.2, 0) is 25.7 Å². The SMILES string of the molecule is CCOc1ccc(NC(=O)C2C3C=CC4(O3)C2C(=O)N(Cc2ccccc2)C4C(=O)NC2CCCCC2C)cc1. The lowest BCUT2D eigenvalue weighted by Crippen LogP contribution is -2.57. The molecular formula is C32H37N3O5. The molecule has 2 saturated heterocycles. The second kappa shape index (κ2) is 10.7. The molecule has 1 saturated carbocycles. The molecule has 3 aliphatic heterocycles. The Labute approximate surface area is 235 Å². The fourth-order valence-corrected chi connectivity index (χ4v) is 7.04. The van der Waals surface area contributed by atoms with Crippen LogP contribution in [0.1, 0.15) is 45.1 Å². The molecule has 4 aliphatic rings. The molecule has 6 rings (SSSR count). The van der Waals surface area contributed by atoms with E-state index in [9.17, 15) is 14.4 Å². The van der Waals surface area contributed by atoms with Crippen molar-refractivity contribution in [3.8, 4) is 5.75 Å². The van der Waals surface area contributed by atoms with Gasteiger partial charge in [-0.05, 0) is 55.5 Å². The summed E-state index contributed by atoms with van der Waals surface area (Å²) in [5.41, 5.74) is 0.352. The fourth-order valence-electron chi connectivity index (χ4n) is 7.04. The molecule has 1 spiro atoms. The lowest BCUT2D eigenvalue weighted by atomic mass is 9.74. The molecule has 2 aromatic rings. The summed E-state index contributed by atoms with van der Waals surface area (Å²) >= 11 is 0. The van der Waals surface area contributed by atoms with Gasteiger partial charge in [0.15, 0.2) is 0 Å². The van der Waals surface area contributed by atoms with Crippen molar-refractivity contribution in [2.75, 3.05) is 11.9 Å². The minimum atomic E-state index is -1.18. The first-order valence-electron chi connectivity index (χ1n) is 14.5. The van der Waals surface area contributed by atoms with Crippen LogP contribution in [0.15, 0.2) is 66.7 Å². The maximum atomic E-state index is 14.2. The highest BCUT2D eigenvalue weighted by Gasteiger charge is 2.72. The summed E-state index contributed by atoms with van der Waals surface area (Å²) in [4.78, 5) is 43.5. The van der Waals surface area contributed by atoms with Crippen molar-refractivity contribution in [3.63, 3.8) is 0 Å². The van der Waals surface area contributed by atoms with E-state index >= 15 is 0 Å². The molecule has 3 heterocycles. The summed E-state index contributed by atoms with van der Waals surface area (Å²) in [5, 5.41) is 6.25. The van der Waals surface area contributed by atoms with Crippen molar-refractivity contribution in [2.24, 2.45) is 17.8 Å². The number of likely N-dealkylation sites (tertiary alicyclic amines) is 1. The van der Waals surface area contributed by atoms with E-state index in [1.807, 2.05) is 49.4 Å². The highest BCUT2D eigenvalue weighted by molar-refractivity contribution is 6.02. The van der Waals surface area contributed by atoms with Crippen LogP contribution < -0.4 is 15.4 Å². The van der Waals surface area contributed by atoms with Crippen LogP contribution in [0.25, 0.3) is 0 Å². The predicted molar refractivity (Wildman–Crippen MR) is 150 cm³/mol. The van der Waals surface area contributed by atoms with E-state index in [1.165, 1.54) is 6.42 Å². The zero-order valence-electron chi connectivity index (χ0n) is 23.0. The van der Waals surface area contributed by atoms with Gasteiger partial charge in [0.2, 0.25) is 17.7 Å². The molecule has 2 N–H and O–H groups in total. The van der Waals surface area contributed by atoms with Gasteiger partial charge in [-0.2, -0.15) is 0 Å². The Kier molecular flexibility index (Phi) is 7.13. The normalized spacial score (nSPS) is 32.1. The second-order valence-electron chi connectivity index (χ2n) is 11.5. The molecule has 1 aliphatic carbocycles. The first-order valence-corrected chi connectivity index (χ1v) is 14.5. The van der Waals surface area contributed by atoms with Crippen molar-refractivity contribution in [2.45, 2.75) is 69.9 Å². The van der Waals surface area contributed by atoms with Crippen LogP contribution in [0.2, 0.25) is 0 Å². The molecule has 40 heavy (non-hydrogen) atoms. The first kappa shape index (κ1) is 26.6. The monoisotopic (exact) mass is 543 g/mol. The van der Waals surface area contributed by atoms with Gasteiger partial charge in [-0.1, -0.05) is 62.2 Å². The number of nitrogens with zero attached hydrogens (tertiary/aromatic N) is 1. The number of fused-ring (bicyclic) bond motifs is 1. The Morgan fingerprint density at radius 2 is 1.80 bits per heavy atom. The van der Waals surface area contributed by atoms with E-state index in [4.69, 9.17) is 9.47 Å². The Bertz CT molecular complexity index is 1300. The van der Waals surface area contributed by atoms with Gasteiger partial charge in [-0.15, -0.1) is 0 Å². The second-order valence-corrected chi connectivity index (χ2v) is 11.5. The van der Waals surface area contributed by atoms with Crippen molar-refractivity contribution < 1.29 is 23.9 Å². The molecule has 0 aromatic heterocycles. The first-order chi connectivity index (χ1) is 19.4. The van der Waals surface area contributed by atoms with Gasteiger partial charge in [0.25, 0.3) is 0 Å². The number of ether oxygens (including phenoxy) is 2.